The van der Waals surface area contributed by atoms with Crippen molar-refractivity contribution in [1.82, 2.24) is 9.88 Å². The number of piperidine rings is 1. The van der Waals surface area contributed by atoms with E-state index in [1.807, 2.05) is 0 Å². The van der Waals surface area contributed by atoms with Gasteiger partial charge in [-0.1, -0.05) is 31.5 Å². The van der Waals surface area contributed by atoms with Gasteiger partial charge in [-0.2, -0.15) is 0 Å². The van der Waals surface area contributed by atoms with Crippen molar-refractivity contribution >= 4 is 10.9 Å². The van der Waals surface area contributed by atoms with Gasteiger partial charge in [0.2, 0.25) is 0 Å². The third-order valence-corrected chi connectivity index (χ3v) is 5.96. The number of fused-ring (bicyclic) bond motifs is 5. The lowest BCUT2D eigenvalue weighted by molar-refractivity contribution is 0.0396. The summed E-state index contributed by atoms with van der Waals surface area (Å²) in [5.74, 6) is 1.41. The summed E-state index contributed by atoms with van der Waals surface area (Å²) in [4.78, 5) is 6.39. The van der Waals surface area contributed by atoms with E-state index in [2.05, 4.69) is 41.1 Å². The summed E-state index contributed by atoms with van der Waals surface area (Å²) in [6.07, 6.45) is 4.54. The van der Waals surface area contributed by atoms with Crippen molar-refractivity contribution in [2.75, 3.05) is 19.7 Å². The van der Waals surface area contributed by atoms with Crippen LogP contribution in [0.15, 0.2) is 24.3 Å². The molecule has 3 heterocycles. The first kappa shape index (κ1) is 14.3. The quantitative estimate of drug-likeness (QED) is 0.910. The van der Waals surface area contributed by atoms with E-state index in [1.165, 1.54) is 48.1 Å². The second-order valence-corrected chi connectivity index (χ2v) is 7.00. The van der Waals surface area contributed by atoms with Crippen LogP contribution in [0.3, 0.4) is 0 Å². The maximum atomic E-state index is 9.42. The molecule has 3 atom stereocenters. The Bertz CT molecular complexity index is 662. The number of H-pyrrole nitrogens is 1. The first-order chi connectivity index (χ1) is 10.8. The van der Waals surface area contributed by atoms with Crippen molar-refractivity contribution in [3.63, 3.8) is 0 Å². The van der Waals surface area contributed by atoms with E-state index in [0.717, 1.165) is 18.8 Å². The molecule has 2 aliphatic heterocycles. The molecule has 118 valence electrons. The van der Waals surface area contributed by atoms with Gasteiger partial charge in [0.15, 0.2) is 0 Å². The van der Waals surface area contributed by atoms with E-state index in [9.17, 15) is 5.11 Å². The molecule has 0 aliphatic carbocycles. The van der Waals surface area contributed by atoms with E-state index in [1.54, 1.807) is 0 Å². The second-order valence-electron chi connectivity index (χ2n) is 7.00. The van der Waals surface area contributed by atoms with Crippen molar-refractivity contribution in [2.45, 2.75) is 38.6 Å². The van der Waals surface area contributed by atoms with Crippen molar-refractivity contribution in [2.24, 2.45) is 11.8 Å². The Balaban J connectivity index is 1.71. The normalized spacial score (nSPS) is 28.5. The Labute approximate surface area is 132 Å². The van der Waals surface area contributed by atoms with Crippen LogP contribution in [0.1, 0.15) is 43.5 Å². The van der Waals surface area contributed by atoms with Gasteiger partial charge in [-0.05, 0) is 42.7 Å². The summed E-state index contributed by atoms with van der Waals surface area (Å²) in [5.41, 5.74) is 4.27. The molecule has 0 amide bonds. The van der Waals surface area contributed by atoms with Crippen molar-refractivity contribution < 1.29 is 5.11 Å². The summed E-state index contributed by atoms with van der Waals surface area (Å²) in [7, 11) is 0. The van der Waals surface area contributed by atoms with E-state index in [-0.39, 0.29) is 0 Å². The average Bonchev–Trinajstić information content (AvgIpc) is 2.93. The second kappa shape index (κ2) is 5.71. The first-order valence-electron chi connectivity index (χ1n) is 8.76. The highest BCUT2D eigenvalue weighted by Gasteiger charge is 2.39. The van der Waals surface area contributed by atoms with E-state index >= 15 is 0 Å². The number of rotatable bonds is 3. The molecule has 2 aromatic rings. The molecule has 3 heteroatoms. The van der Waals surface area contributed by atoms with Crippen LogP contribution in [0, 0.1) is 11.8 Å². The maximum absolute atomic E-state index is 9.42. The molecule has 1 aromatic carbocycles. The molecular formula is C19H26N2O. The van der Waals surface area contributed by atoms with Crippen LogP contribution in [-0.4, -0.2) is 34.7 Å². The third-order valence-electron chi connectivity index (χ3n) is 5.96. The van der Waals surface area contributed by atoms with Crippen molar-refractivity contribution in [1.29, 1.82) is 0 Å². The predicted octanol–water partition coefficient (Wildman–Crippen LogP) is 3.50. The van der Waals surface area contributed by atoms with E-state index in [4.69, 9.17) is 0 Å². The molecule has 1 aromatic heterocycles. The van der Waals surface area contributed by atoms with Crippen molar-refractivity contribution in [3.05, 3.63) is 35.5 Å². The zero-order valence-electron chi connectivity index (χ0n) is 13.4. The fourth-order valence-corrected chi connectivity index (χ4v) is 4.77. The highest BCUT2D eigenvalue weighted by molar-refractivity contribution is 5.85. The van der Waals surface area contributed by atoms with Gasteiger partial charge in [0, 0.05) is 36.3 Å². The molecular weight excluding hydrogens is 272 g/mol. The molecule has 0 bridgehead atoms. The Morgan fingerprint density at radius 1 is 1.27 bits per heavy atom. The van der Waals surface area contributed by atoms with Gasteiger partial charge in [0.05, 0.1) is 6.04 Å². The molecule has 3 nitrogen and oxygen atoms in total. The Hall–Kier alpha value is -1.32. The van der Waals surface area contributed by atoms with Gasteiger partial charge >= 0.3 is 0 Å². The lowest BCUT2D eigenvalue weighted by Crippen LogP contribution is -2.46. The lowest BCUT2D eigenvalue weighted by Gasteiger charge is -2.46. The highest BCUT2D eigenvalue weighted by atomic mass is 16.3. The number of nitrogens with zero attached hydrogens (tertiary/aromatic N) is 1. The molecule has 1 fully saturated rings. The number of hydrogen-bond donors (Lipinski definition) is 2. The maximum Gasteiger partial charge on any atom is 0.0504 e. The van der Waals surface area contributed by atoms with Crippen LogP contribution in [0.4, 0.5) is 0 Å². The molecule has 0 spiro atoms. The topological polar surface area (TPSA) is 39.3 Å². The van der Waals surface area contributed by atoms with Crippen LogP contribution >= 0.6 is 0 Å². The number of aromatic amines is 1. The van der Waals surface area contributed by atoms with Crippen LogP contribution in [0.5, 0.6) is 0 Å². The minimum absolute atomic E-state index is 0.327. The number of aromatic nitrogens is 1. The fourth-order valence-electron chi connectivity index (χ4n) is 4.77. The fraction of sp³-hybridized carbons (Fsp3) is 0.579. The zero-order valence-corrected chi connectivity index (χ0v) is 13.4. The minimum atomic E-state index is 0.327. The molecule has 2 aliphatic rings. The van der Waals surface area contributed by atoms with Crippen molar-refractivity contribution in [3.8, 4) is 0 Å². The number of para-hydroxylation sites is 1. The largest absolute Gasteiger partial charge is 0.396 e. The predicted molar refractivity (Wildman–Crippen MR) is 89.9 cm³/mol. The number of aliphatic hydroxyl groups excluding tert-OH is 1. The molecule has 0 saturated carbocycles. The molecule has 0 unspecified atom stereocenters. The summed E-state index contributed by atoms with van der Waals surface area (Å²) in [5, 5.41) is 10.8. The smallest absolute Gasteiger partial charge is 0.0504 e. The van der Waals surface area contributed by atoms with Gasteiger partial charge in [-0.3, -0.25) is 4.90 Å². The number of benzene rings is 1. The summed E-state index contributed by atoms with van der Waals surface area (Å²) >= 11 is 0. The van der Waals surface area contributed by atoms with Gasteiger partial charge in [0.25, 0.3) is 0 Å². The first-order valence-corrected chi connectivity index (χ1v) is 8.76. The Kier molecular flexibility index (Phi) is 3.71. The molecule has 1 saturated heterocycles. The van der Waals surface area contributed by atoms with Crippen LogP contribution in [-0.2, 0) is 6.42 Å². The Morgan fingerprint density at radius 2 is 2.14 bits per heavy atom. The Morgan fingerprint density at radius 3 is 2.95 bits per heavy atom. The zero-order chi connectivity index (χ0) is 15.1. The molecule has 0 radical (unpaired) electrons. The van der Waals surface area contributed by atoms with Gasteiger partial charge in [-0.15, -0.1) is 0 Å². The SMILES string of the molecule is CC[C@H]1CN2CCc3c([nH]c4ccccc34)[C@H]2C[C@@H]1CCO. The molecule has 22 heavy (non-hydrogen) atoms. The number of aliphatic hydroxyl groups is 1. The number of hydrogen-bond acceptors (Lipinski definition) is 2. The summed E-state index contributed by atoms with van der Waals surface area (Å²) in [6.45, 7) is 5.00. The van der Waals surface area contributed by atoms with Gasteiger partial charge in [0.1, 0.15) is 0 Å². The standard InChI is InChI=1S/C19H26N2O/c1-2-13-12-21-9-7-16-15-5-3-4-6-17(15)20-19(16)18(21)11-14(13)8-10-22/h3-6,13-14,18,20,22H,2,7-12H2,1H3/t13-,14-,18+/m0/s1. The minimum Gasteiger partial charge on any atom is -0.396 e. The highest BCUT2D eigenvalue weighted by Crippen LogP contribution is 2.44. The average molecular weight is 298 g/mol. The summed E-state index contributed by atoms with van der Waals surface area (Å²) in [6, 6.07) is 9.23. The number of nitrogens with one attached hydrogen (secondary N) is 1. The van der Waals surface area contributed by atoms with Crippen LogP contribution < -0.4 is 0 Å². The van der Waals surface area contributed by atoms with Crippen LogP contribution in [0.25, 0.3) is 10.9 Å². The summed E-state index contributed by atoms with van der Waals surface area (Å²) < 4.78 is 0. The van der Waals surface area contributed by atoms with Gasteiger partial charge < -0.3 is 10.1 Å². The van der Waals surface area contributed by atoms with Crippen LogP contribution in [0.2, 0.25) is 0 Å². The van der Waals surface area contributed by atoms with Gasteiger partial charge in [-0.25, -0.2) is 0 Å². The van der Waals surface area contributed by atoms with E-state index < -0.39 is 0 Å². The molecule has 4 rings (SSSR count). The monoisotopic (exact) mass is 298 g/mol. The molecule has 2 N–H and O–H groups in total. The lowest BCUT2D eigenvalue weighted by atomic mass is 9.76. The third kappa shape index (κ3) is 2.19. The van der Waals surface area contributed by atoms with E-state index in [0.29, 0.717) is 18.6 Å².